The van der Waals surface area contributed by atoms with Crippen LogP contribution >= 0.6 is 11.8 Å². The molecule has 0 spiro atoms. The zero-order chi connectivity index (χ0) is 12.8. The largest absolute Gasteiger partial charge is 0.478 e. The molecule has 0 saturated carbocycles. The molecule has 6 heteroatoms. The molecule has 0 amide bonds. The second kappa shape index (κ2) is 6.02. The van der Waals surface area contributed by atoms with Gasteiger partial charge in [-0.2, -0.15) is 5.10 Å². The standard InChI is InChI=1S/C12H11N3O2S/c16-11(17)6-5-9-1-3-10(4-2-9)7-18-12-13-8-14-15-12/h1-6,8H,7H2,(H,16,17)(H,13,14,15). The molecule has 0 atom stereocenters. The Balaban J connectivity index is 1.93. The monoisotopic (exact) mass is 261 g/mol. The average Bonchev–Trinajstić information content (AvgIpc) is 2.88. The number of carbonyl (C=O) groups is 1. The lowest BCUT2D eigenvalue weighted by molar-refractivity contribution is -0.131. The van der Waals surface area contributed by atoms with E-state index >= 15 is 0 Å². The van der Waals surface area contributed by atoms with Gasteiger partial charge in [-0.3, -0.25) is 5.10 Å². The van der Waals surface area contributed by atoms with Crippen LogP contribution in [0.5, 0.6) is 0 Å². The minimum Gasteiger partial charge on any atom is -0.478 e. The number of benzene rings is 1. The van der Waals surface area contributed by atoms with Crippen LogP contribution in [0.25, 0.3) is 6.08 Å². The van der Waals surface area contributed by atoms with Crippen LogP contribution < -0.4 is 0 Å². The molecule has 2 N–H and O–H groups in total. The topological polar surface area (TPSA) is 78.9 Å². The summed E-state index contributed by atoms with van der Waals surface area (Å²) in [5.74, 6) is -0.155. The maximum Gasteiger partial charge on any atom is 0.328 e. The van der Waals surface area contributed by atoms with Gasteiger partial charge in [-0.05, 0) is 17.2 Å². The molecule has 0 bridgehead atoms. The predicted molar refractivity (Wildman–Crippen MR) is 69.1 cm³/mol. The van der Waals surface area contributed by atoms with Crippen LogP contribution in [0, 0.1) is 0 Å². The number of rotatable bonds is 5. The van der Waals surface area contributed by atoms with Crippen LogP contribution in [-0.4, -0.2) is 26.3 Å². The van der Waals surface area contributed by atoms with Gasteiger partial charge < -0.3 is 5.11 Å². The Morgan fingerprint density at radius 3 is 2.78 bits per heavy atom. The molecule has 2 rings (SSSR count). The highest BCUT2D eigenvalue weighted by Crippen LogP contribution is 2.18. The summed E-state index contributed by atoms with van der Waals surface area (Å²) >= 11 is 1.56. The van der Waals surface area contributed by atoms with Gasteiger partial charge in [0.25, 0.3) is 0 Å². The normalized spacial score (nSPS) is 10.9. The molecule has 5 nitrogen and oxygen atoms in total. The highest BCUT2D eigenvalue weighted by molar-refractivity contribution is 7.98. The number of nitrogens with zero attached hydrogens (tertiary/aromatic N) is 2. The highest BCUT2D eigenvalue weighted by atomic mass is 32.2. The Bertz CT molecular complexity index is 535. The van der Waals surface area contributed by atoms with Crippen molar-refractivity contribution in [2.75, 3.05) is 0 Å². The number of aromatic nitrogens is 3. The van der Waals surface area contributed by atoms with Crippen molar-refractivity contribution >= 4 is 23.8 Å². The number of carboxylic acid groups (broad SMARTS) is 1. The first-order valence-corrected chi connectivity index (χ1v) is 6.21. The van der Waals surface area contributed by atoms with Crippen LogP contribution in [0.15, 0.2) is 41.8 Å². The van der Waals surface area contributed by atoms with E-state index in [1.807, 2.05) is 24.3 Å². The number of thioether (sulfide) groups is 1. The average molecular weight is 261 g/mol. The number of hydrogen-bond donors (Lipinski definition) is 2. The van der Waals surface area contributed by atoms with Crippen LogP contribution in [-0.2, 0) is 10.5 Å². The van der Waals surface area contributed by atoms with E-state index in [4.69, 9.17) is 5.11 Å². The number of hydrogen-bond acceptors (Lipinski definition) is 4. The first-order valence-electron chi connectivity index (χ1n) is 5.22. The molecule has 0 saturated heterocycles. The summed E-state index contributed by atoms with van der Waals surface area (Å²) in [6.07, 6.45) is 4.16. The lowest BCUT2D eigenvalue weighted by Crippen LogP contribution is -1.86. The van der Waals surface area contributed by atoms with Crippen molar-refractivity contribution in [3.63, 3.8) is 0 Å². The summed E-state index contributed by atoms with van der Waals surface area (Å²) in [5, 5.41) is 15.8. The van der Waals surface area contributed by atoms with E-state index in [0.29, 0.717) is 0 Å². The molecule has 1 heterocycles. The number of nitrogens with one attached hydrogen (secondary N) is 1. The first-order chi connectivity index (χ1) is 8.74. The van der Waals surface area contributed by atoms with Gasteiger partial charge in [-0.25, -0.2) is 9.78 Å². The fourth-order valence-electron chi connectivity index (χ4n) is 1.31. The molecule has 1 aromatic carbocycles. The Morgan fingerprint density at radius 1 is 1.39 bits per heavy atom. The molecular weight excluding hydrogens is 250 g/mol. The van der Waals surface area contributed by atoms with Gasteiger partial charge in [0.15, 0.2) is 5.16 Å². The van der Waals surface area contributed by atoms with Gasteiger partial charge in [0.1, 0.15) is 6.33 Å². The maximum atomic E-state index is 10.4. The van der Waals surface area contributed by atoms with Crippen molar-refractivity contribution in [2.24, 2.45) is 0 Å². The summed E-state index contributed by atoms with van der Waals surface area (Å²) in [6, 6.07) is 7.70. The molecule has 2 aromatic rings. The summed E-state index contributed by atoms with van der Waals surface area (Å²) in [6.45, 7) is 0. The maximum absolute atomic E-state index is 10.4. The second-order valence-corrected chi connectivity index (χ2v) is 4.46. The lowest BCUT2D eigenvalue weighted by atomic mass is 10.1. The molecule has 0 aliphatic heterocycles. The number of H-pyrrole nitrogens is 1. The van der Waals surface area contributed by atoms with Crippen LogP contribution in [0.3, 0.4) is 0 Å². The van der Waals surface area contributed by atoms with E-state index in [1.165, 1.54) is 6.33 Å². The van der Waals surface area contributed by atoms with Gasteiger partial charge in [0.2, 0.25) is 0 Å². The van der Waals surface area contributed by atoms with Crippen LogP contribution in [0.4, 0.5) is 0 Å². The highest BCUT2D eigenvalue weighted by Gasteiger charge is 1.98. The van der Waals surface area contributed by atoms with Crippen molar-refractivity contribution in [3.8, 4) is 0 Å². The van der Waals surface area contributed by atoms with Gasteiger partial charge in [0.05, 0.1) is 0 Å². The van der Waals surface area contributed by atoms with E-state index in [9.17, 15) is 4.79 Å². The lowest BCUT2D eigenvalue weighted by Gasteiger charge is -1.99. The summed E-state index contributed by atoms with van der Waals surface area (Å²) < 4.78 is 0. The van der Waals surface area contributed by atoms with Crippen LogP contribution in [0.1, 0.15) is 11.1 Å². The smallest absolute Gasteiger partial charge is 0.328 e. The minimum atomic E-state index is -0.944. The minimum absolute atomic E-state index is 0.782. The Morgan fingerprint density at radius 2 is 2.17 bits per heavy atom. The molecule has 18 heavy (non-hydrogen) atoms. The Hall–Kier alpha value is -2.08. The predicted octanol–water partition coefficient (Wildman–Crippen LogP) is 2.19. The fraction of sp³-hybridized carbons (Fsp3) is 0.0833. The van der Waals surface area contributed by atoms with Gasteiger partial charge in [-0.15, -0.1) is 0 Å². The van der Waals surface area contributed by atoms with E-state index < -0.39 is 5.97 Å². The third kappa shape index (κ3) is 3.74. The Kier molecular flexibility index (Phi) is 4.14. The molecule has 1 aromatic heterocycles. The zero-order valence-corrected chi connectivity index (χ0v) is 10.2. The van der Waals surface area contributed by atoms with E-state index in [2.05, 4.69) is 15.2 Å². The van der Waals surface area contributed by atoms with Crippen molar-refractivity contribution in [2.45, 2.75) is 10.9 Å². The number of carboxylic acids is 1. The number of aromatic amines is 1. The molecular formula is C12H11N3O2S. The van der Waals surface area contributed by atoms with Crippen molar-refractivity contribution in [1.82, 2.24) is 15.2 Å². The molecule has 0 aliphatic carbocycles. The molecule has 0 aliphatic rings. The second-order valence-electron chi connectivity index (χ2n) is 3.49. The molecule has 0 unspecified atom stereocenters. The zero-order valence-electron chi connectivity index (χ0n) is 9.41. The summed E-state index contributed by atoms with van der Waals surface area (Å²) in [4.78, 5) is 14.4. The van der Waals surface area contributed by atoms with Gasteiger partial charge in [0, 0.05) is 11.8 Å². The van der Waals surface area contributed by atoms with E-state index in [1.54, 1.807) is 17.8 Å². The Labute approximate surface area is 108 Å². The van der Waals surface area contributed by atoms with Gasteiger partial charge >= 0.3 is 5.97 Å². The fourth-order valence-corrected chi connectivity index (χ4v) is 2.04. The van der Waals surface area contributed by atoms with E-state index in [-0.39, 0.29) is 0 Å². The van der Waals surface area contributed by atoms with Crippen LogP contribution in [0.2, 0.25) is 0 Å². The SMILES string of the molecule is O=C(O)C=Cc1ccc(CSc2ncn[nH]2)cc1. The molecule has 0 fully saturated rings. The summed E-state index contributed by atoms with van der Waals surface area (Å²) in [5.41, 5.74) is 2.01. The quantitative estimate of drug-likeness (QED) is 0.637. The van der Waals surface area contributed by atoms with Gasteiger partial charge in [-0.1, -0.05) is 36.0 Å². The summed E-state index contributed by atoms with van der Waals surface area (Å²) in [7, 11) is 0. The third-order valence-electron chi connectivity index (χ3n) is 2.17. The molecule has 92 valence electrons. The molecule has 0 radical (unpaired) electrons. The van der Waals surface area contributed by atoms with Crippen molar-refractivity contribution < 1.29 is 9.90 Å². The van der Waals surface area contributed by atoms with E-state index in [0.717, 1.165) is 28.1 Å². The van der Waals surface area contributed by atoms with Crippen molar-refractivity contribution in [3.05, 3.63) is 47.8 Å². The first kappa shape index (κ1) is 12.4. The van der Waals surface area contributed by atoms with Crippen molar-refractivity contribution in [1.29, 1.82) is 0 Å². The third-order valence-corrected chi connectivity index (χ3v) is 3.11. The number of aliphatic carboxylic acids is 1.